The molecule has 1 aromatic heterocycles. The van der Waals surface area contributed by atoms with Crippen molar-refractivity contribution in [3.63, 3.8) is 0 Å². The minimum atomic E-state index is -0.308. The van der Waals surface area contributed by atoms with Crippen LogP contribution in [0.15, 0.2) is 91.9 Å². The lowest BCUT2D eigenvalue weighted by Gasteiger charge is -2.12. The first kappa shape index (κ1) is 17.1. The highest BCUT2D eigenvalue weighted by Gasteiger charge is 2.16. The summed E-state index contributed by atoms with van der Waals surface area (Å²) in [5, 5.41) is 0.632. The highest BCUT2D eigenvalue weighted by atomic mass is 79.9. The first-order valence-electron chi connectivity index (χ1n) is 7.97. The van der Waals surface area contributed by atoms with Gasteiger partial charge in [0.2, 0.25) is 5.43 Å². The monoisotopic (exact) mass is 425 g/mol. The number of pyridine rings is 1. The molecule has 0 aliphatic carbocycles. The molecule has 0 atom stereocenters. The molecule has 2 nitrogen and oxygen atoms in total. The largest absolute Gasteiger partial charge is 0.353 e. The molecule has 4 aromatic rings. The van der Waals surface area contributed by atoms with Crippen LogP contribution in [0.25, 0.3) is 22.2 Å². The fraction of sp³-hybridized carbons (Fsp3) is 0. The summed E-state index contributed by atoms with van der Waals surface area (Å²) in [6.45, 7) is 0. The van der Waals surface area contributed by atoms with Crippen molar-refractivity contribution in [2.75, 3.05) is 0 Å². The van der Waals surface area contributed by atoms with E-state index in [1.54, 1.807) is 12.1 Å². The Morgan fingerprint density at radius 3 is 2.35 bits per heavy atom. The molecule has 0 aliphatic heterocycles. The third kappa shape index (κ3) is 3.20. The number of para-hydroxylation sites is 1. The molecular weight excluding hydrogens is 413 g/mol. The molecule has 5 heteroatoms. The van der Waals surface area contributed by atoms with Crippen molar-refractivity contribution in [3.05, 3.63) is 93.3 Å². The van der Waals surface area contributed by atoms with Gasteiger partial charge in [0.05, 0.1) is 10.6 Å². The fourth-order valence-electron chi connectivity index (χ4n) is 2.77. The van der Waals surface area contributed by atoms with Crippen molar-refractivity contribution < 1.29 is 4.39 Å². The molecule has 0 spiro atoms. The molecule has 1 N–H and O–H groups in total. The van der Waals surface area contributed by atoms with Crippen LogP contribution in [0.4, 0.5) is 4.39 Å². The molecule has 0 amide bonds. The van der Waals surface area contributed by atoms with Crippen molar-refractivity contribution in [2.24, 2.45) is 0 Å². The van der Waals surface area contributed by atoms with Crippen molar-refractivity contribution in [1.82, 2.24) is 4.98 Å². The number of benzene rings is 3. The van der Waals surface area contributed by atoms with Gasteiger partial charge in [0.25, 0.3) is 0 Å². The maximum atomic E-state index is 13.4. The lowest BCUT2D eigenvalue weighted by molar-refractivity contribution is 0.628. The minimum absolute atomic E-state index is 0.0422. The highest BCUT2D eigenvalue weighted by molar-refractivity contribution is 9.10. The predicted octanol–water partition coefficient (Wildman–Crippen LogP) is 6.25. The molecule has 0 radical (unpaired) electrons. The van der Waals surface area contributed by atoms with Crippen molar-refractivity contribution in [1.29, 1.82) is 0 Å². The first-order valence-corrected chi connectivity index (χ1v) is 9.58. The topological polar surface area (TPSA) is 32.9 Å². The van der Waals surface area contributed by atoms with Gasteiger partial charge in [-0.05, 0) is 70.0 Å². The lowest BCUT2D eigenvalue weighted by Crippen LogP contribution is -2.08. The first-order chi connectivity index (χ1) is 12.6. The van der Waals surface area contributed by atoms with Crippen LogP contribution in [0.3, 0.4) is 0 Å². The Balaban J connectivity index is 1.98. The van der Waals surface area contributed by atoms with Crippen molar-refractivity contribution in [3.8, 4) is 11.3 Å². The highest BCUT2D eigenvalue weighted by Crippen LogP contribution is 2.37. The maximum absolute atomic E-state index is 13.4. The van der Waals surface area contributed by atoms with Crippen LogP contribution in [0.2, 0.25) is 0 Å². The molecule has 26 heavy (non-hydrogen) atoms. The van der Waals surface area contributed by atoms with E-state index in [4.69, 9.17) is 0 Å². The summed E-state index contributed by atoms with van der Waals surface area (Å²) in [5.41, 5.74) is 2.17. The second-order valence-corrected chi connectivity index (χ2v) is 7.65. The van der Waals surface area contributed by atoms with Crippen LogP contribution in [0.1, 0.15) is 0 Å². The summed E-state index contributed by atoms with van der Waals surface area (Å²) in [6.07, 6.45) is 0. The van der Waals surface area contributed by atoms with Gasteiger partial charge in [0.1, 0.15) is 5.82 Å². The van der Waals surface area contributed by atoms with Crippen LogP contribution in [-0.2, 0) is 0 Å². The Labute approximate surface area is 162 Å². The number of fused-ring (bicyclic) bond motifs is 1. The summed E-state index contributed by atoms with van der Waals surface area (Å²) in [6, 6.07) is 21.3. The predicted molar refractivity (Wildman–Crippen MR) is 108 cm³/mol. The van der Waals surface area contributed by atoms with E-state index in [1.165, 1.54) is 23.9 Å². The zero-order chi connectivity index (χ0) is 18.1. The van der Waals surface area contributed by atoms with Crippen LogP contribution in [-0.4, -0.2) is 4.98 Å². The van der Waals surface area contributed by atoms with Gasteiger partial charge < -0.3 is 4.98 Å². The zero-order valence-corrected chi connectivity index (χ0v) is 15.9. The van der Waals surface area contributed by atoms with Crippen molar-refractivity contribution >= 4 is 38.6 Å². The molecule has 128 valence electrons. The van der Waals surface area contributed by atoms with Crippen LogP contribution in [0.5, 0.6) is 0 Å². The van der Waals surface area contributed by atoms with Gasteiger partial charge in [-0.1, -0.05) is 36.0 Å². The third-order valence-corrected chi connectivity index (χ3v) is 6.17. The van der Waals surface area contributed by atoms with Gasteiger partial charge >= 0.3 is 0 Å². The summed E-state index contributed by atoms with van der Waals surface area (Å²) in [7, 11) is 0. The van der Waals surface area contributed by atoms with E-state index in [0.29, 0.717) is 16.0 Å². The summed E-state index contributed by atoms with van der Waals surface area (Å²) in [5.74, 6) is -0.308. The van der Waals surface area contributed by atoms with E-state index in [0.717, 1.165) is 20.4 Å². The quantitative estimate of drug-likeness (QED) is 0.420. The molecule has 4 rings (SSSR count). The third-order valence-electron chi connectivity index (χ3n) is 4.05. The number of aromatic amines is 1. The van der Waals surface area contributed by atoms with Gasteiger partial charge in [0, 0.05) is 20.3 Å². The molecule has 0 saturated heterocycles. The summed E-state index contributed by atoms with van der Waals surface area (Å²) < 4.78 is 14.3. The van der Waals surface area contributed by atoms with Crippen LogP contribution < -0.4 is 5.43 Å². The Bertz CT molecular complexity index is 1150. The lowest BCUT2D eigenvalue weighted by atomic mass is 10.1. The van der Waals surface area contributed by atoms with E-state index in [1.807, 2.05) is 48.5 Å². The molecule has 0 fully saturated rings. The second-order valence-electron chi connectivity index (χ2n) is 5.74. The number of rotatable bonds is 3. The number of halogens is 2. The molecular formula is C21H13BrFNOS. The van der Waals surface area contributed by atoms with E-state index in [-0.39, 0.29) is 11.2 Å². The fourth-order valence-corrected chi connectivity index (χ4v) is 4.31. The molecule has 1 heterocycles. The van der Waals surface area contributed by atoms with Gasteiger partial charge in [0.15, 0.2) is 0 Å². The standard InChI is InChI=1S/C21H13BrFNOS/c22-16-6-2-4-8-18(16)26-21-19(13-9-11-14(23)12-10-13)24-17-7-3-1-5-15(17)20(21)25/h1-12H,(H,24,25). The van der Waals surface area contributed by atoms with Gasteiger partial charge in [-0.15, -0.1) is 0 Å². The summed E-state index contributed by atoms with van der Waals surface area (Å²) in [4.78, 5) is 18.1. The molecule has 3 aromatic carbocycles. The van der Waals surface area contributed by atoms with Gasteiger partial charge in [-0.3, -0.25) is 4.79 Å². The number of hydrogen-bond acceptors (Lipinski definition) is 2. The molecule has 0 saturated carbocycles. The van der Waals surface area contributed by atoms with Crippen LogP contribution in [0, 0.1) is 5.82 Å². The van der Waals surface area contributed by atoms with Gasteiger partial charge in [-0.2, -0.15) is 0 Å². The Morgan fingerprint density at radius 1 is 0.885 bits per heavy atom. The van der Waals surface area contributed by atoms with Crippen LogP contribution >= 0.6 is 27.7 Å². The van der Waals surface area contributed by atoms with E-state index in [2.05, 4.69) is 20.9 Å². The SMILES string of the molecule is O=c1c(Sc2ccccc2Br)c(-c2ccc(F)cc2)[nH]c2ccccc12. The Morgan fingerprint density at radius 2 is 1.58 bits per heavy atom. The van der Waals surface area contributed by atoms with Crippen molar-refractivity contribution in [2.45, 2.75) is 9.79 Å². The van der Waals surface area contributed by atoms with E-state index in [9.17, 15) is 9.18 Å². The Hall–Kier alpha value is -2.37. The number of aromatic nitrogens is 1. The molecule has 0 aliphatic rings. The van der Waals surface area contributed by atoms with E-state index >= 15 is 0 Å². The maximum Gasteiger partial charge on any atom is 0.203 e. The molecule has 0 bridgehead atoms. The average molecular weight is 426 g/mol. The van der Waals surface area contributed by atoms with E-state index < -0.39 is 0 Å². The number of H-pyrrole nitrogens is 1. The molecule has 0 unspecified atom stereocenters. The minimum Gasteiger partial charge on any atom is -0.353 e. The van der Waals surface area contributed by atoms with Gasteiger partial charge in [-0.25, -0.2) is 4.39 Å². The Kier molecular flexibility index (Phi) is 4.66. The second kappa shape index (κ2) is 7.09. The zero-order valence-electron chi connectivity index (χ0n) is 13.5. The normalized spacial score (nSPS) is 11.0. The summed E-state index contributed by atoms with van der Waals surface area (Å²) >= 11 is 4.93. The number of nitrogens with one attached hydrogen (secondary N) is 1. The number of hydrogen-bond donors (Lipinski definition) is 1. The smallest absolute Gasteiger partial charge is 0.203 e. The average Bonchev–Trinajstić information content (AvgIpc) is 2.66.